The molecule has 5 nitrogen and oxygen atoms in total. The molecule has 0 amide bonds. The van der Waals surface area contributed by atoms with Crippen molar-refractivity contribution in [2.24, 2.45) is 0 Å². The van der Waals surface area contributed by atoms with Crippen molar-refractivity contribution in [2.45, 2.75) is 6.54 Å². The highest BCUT2D eigenvalue weighted by Crippen LogP contribution is 2.17. The van der Waals surface area contributed by atoms with Crippen LogP contribution in [0.3, 0.4) is 0 Å². The summed E-state index contributed by atoms with van der Waals surface area (Å²) in [5.74, 6) is -2.19. The monoisotopic (exact) mass is 236 g/mol. The number of aromatic carboxylic acids is 1. The van der Waals surface area contributed by atoms with E-state index in [0.717, 1.165) is 10.9 Å². The van der Waals surface area contributed by atoms with Crippen LogP contribution in [0.25, 0.3) is 0 Å². The van der Waals surface area contributed by atoms with Crippen molar-refractivity contribution in [1.29, 1.82) is 0 Å². The first-order valence-corrected chi connectivity index (χ1v) is 4.81. The van der Waals surface area contributed by atoms with E-state index in [1.807, 2.05) is 0 Å². The lowest BCUT2D eigenvalue weighted by Gasteiger charge is -2.05. The molecule has 1 aromatic carbocycles. The largest absolute Gasteiger partial charge is 0.504 e. The number of carboxylic acid groups (broad SMARTS) is 1. The highest BCUT2D eigenvalue weighted by atomic mass is 19.1. The van der Waals surface area contributed by atoms with Crippen molar-refractivity contribution in [2.75, 3.05) is 0 Å². The van der Waals surface area contributed by atoms with Crippen LogP contribution in [-0.4, -0.2) is 26.0 Å². The fourth-order valence-electron chi connectivity index (χ4n) is 1.50. The number of aromatic nitrogens is 2. The van der Waals surface area contributed by atoms with Crippen LogP contribution in [0.15, 0.2) is 30.5 Å². The molecule has 88 valence electrons. The third-order valence-electron chi connectivity index (χ3n) is 2.30. The molecular weight excluding hydrogens is 227 g/mol. The smallest absolute Gasteiger partial charge is 0.358 e. The van der Waals surface area contributed by atoms with Gasteiger partial charge in [-0.1, -0.05) is 18.2 Å². The Morgan fingerprint density at radius 2 is 2.12 bits per heavy atom. The maximum atomic E-state index is 13.4. The molecule has 0 bridgehead atoms. The Kier molecular flexibility index (Phi) is 2.78. The summed E-state index contributed by atoms with van der Waals surface area (Å²) in [5, 5.41) is 21.9. The third-order valence-corrected chi connectivity index (χ3v) is 2.30. The summed E-state index contributed by atoms with van der Waals surface area (Å²) >= 11 is 0. The predicted molar refractivity (Wildman–Crippen MR) is 56.4 cm³/mol. The summed E-state index contributed by atoms with van der Waals surface area (Å²) in [7, 11) is 0. The molecule has 0 unspecified atom stereocenters. The lowest BCUT2D eigenvalue weighted by molar-refractivity contribution is 0.0680. The predicted octanol–water partition coefficient (Wildman–Crippen LogP) is 1.47. The van der Waals surface area contributed by atoms with Gasteiger partial charge in [-0.05, 0) is 6.07 Å². The van der Waals surface area contributed by atoms with Gasteiger partial charge < -0.3 is 10.2 Å². The van der Waals surface area contributed by atoms with E-state index in [1.165, 1.54) is 18.2 Å². The number of nitrogens with zero attached hydrogens (tertiary/aromatic N) is 2. The molecule has 0 saturated heterocycles. The van der Waals surface area contributed by atoms with Gasteiger partial charge in [-0.3, -0.25) is 4.68 Å². The summed E-state index contributed by atoms with van der Waals surface area (Å²) in [4.78, 5) is 10.9. The number of rotatable bonds is 3. The van der Waals surface area contributed by atoms with Crippen LogP contribution >= 0.6 is 0 Å². The van der Waals surface area contributed by atoms with Gasteiger partial charge in [-0.2, -0.15) is 5.10 Å². The van der Waals surface area contributed by atoms with Crippen LogP contribution in [-0.2, 0) is 6.54 Å². The van der Waals surface area contributed by atoms with Crippen LogP contribution in [0.2, 0.25) is 0 Å². The first kappa shape index (κ1) is 11.1. The van der Waals surface area contributed by atoms with E-state index in [9.17, 15) is 14.3 Å². The van der Waals surface area contributed by atoms with Gasteiger partial charge in [0.25, 0.3) is 0 Å². The summed E-state index contributed by atoms with van der Waals surface area (Å²) in [6, 6.07) is 5.98. The molecule has 2 rings (SSSR count). The topological polar surface area (TPSA) is 75.3 Å². The molecule has 2 aromatic rings. The summed E-state index contributed by atoms with van der Waals surface area (Å²) in [5.41, 5.74) is -0.0497. The Morgan fingerprint density at radius 3 is 2.76 bits per heavy atom. The molecule has 1 heterocycles. The minimum atomic E-state index is -1.31. The molecule has 0 saturated carbocycles. The molecule has 0 aliphatic heterocycles. The number of aromatic hydroxyl groups is 1. The van der Waals surface area contributed by atoms with Crippen molar-refractivity contribution < 1.29 is 19.4 Å². The Morgan fingerprint density at radius 1 is 1.41 bits per heavy atom. The maximum Gasteiger partial charge on any atom is 0.358 e. The van der Waals surface area contributed by atoms with Gasteiger partial charge in [0.1, 0.15) is 5.82 Å². The fourth-order valence-corrected chi connectivity index (χ4v) is 1.50. The van der Waals surface area contributed by atoms with Gasteiger partial charge in [0.15, 0.2) is 11.4 Å². The first-order valence-electron chi connectivity index (χ1n) is 4.81. The number of carboxylic acids is 1. The number of benzene rings is 1. The molecule has 0 radical (unpaired) electrons. The van der Waals surface area contributed by atoms with Crippen LogP contribution in [0.1, 0.15) is 16.1 Å². The number of carbonyl (C=O) groups is 1. The summed E-state index contributed by atoms with van der Waals surface area (Å²) < 4.78 is 14.4. The normalized spacial score (nSPS) is 10.4. The van der Waals surface area contributed by atoms with Crippen molar-refractivity contribution in [1.82, 2.24) is 9.78 Å². The molecule has 0 spiro atoms. The first-order chi connectivity index (χ1) is 8.09. The fraction of sp³-hybridized carbons (Fsp3) is 0.0909. The Bertz CT molecular complexity index is 566. The van der Waals surface area contributed by atoms with Gasteiger partial charge in [0.05, 0.1) is 12.7 Å². The number of halogens is 1. The van der Waals surface area contributed by atoms with E-state index in [-0.39, 0.29) is 12.2 Å². The molecular formula is C11H9FN2O3. The maximum absolute atomic E-state index is 13.4. The second kappa shape index (κ2) is 4.25. The van der Waals surface area contributed by atoms with Crippen molar-refractivity contribution in [3.63, 3.8) is 0 Å². The zero-order valence-corrected chi connectivity index (χ0v) is 8.67. The van der Waals surface area contributed by atoms with Gasteiger partial charge in [0, 0.05) is 5.56 Å². The van der Waals surface area contributed by atoms with E-state index >= 15 is 0 Å². The zero-order chi connectivity index (χ0) is 12.4. The average Bonchev–Trinajstić information content (AvgIpc) is 2.63. The van der Waals surface area contributed by atoms with Gasteiger partial charge in [-0.15, -0.1) is 0 Å². The van der Waals surface area contributed by atoms with E-state index in [4.69, 9.17) is 5.11 Å². The van der Waals surface area contributed by atoms with E-state index in [2.05, 4.69) is 5.10 Å². The summed E-state index contributed by atoms with van der Waals surface area (Å²) in [6.07, 6.45) is 1.02. The quantitative estimate of drug-likeness (QED) is 0.846. The lowest BCUT2D eigenvalue weighted by atomic mass is 10.2. The van der Waals surface area contributed by atoms with Gasteiger partial charge in [-0.25, -0.2) is 9.18 Å². The molecule has 1 aromatic heterocycles. The average molecular weight is 236 g/mol. The van der Waals surface area contributed by atoms with Gasteiger partial charge >= 0.3 is 5.97 Å². The second-order valence-electron chi connectivity index (χ2n) is 3.43. The minimum absolute atomic E-state index is 0.0468. The molecule has 0 aliphatic rings. The second-order valence-corrected chi connectivity index (χ2v) is 3.43. The van der Waals surface area contributed by atoms with E-state index in [1.54, 1.807) is 6.07 Å². The zero-order valence-electron chi connectivity index (χ0n) is 8.67. The van der Waals surface area contributed by atoms with Crippen LogP contribution in [0.4, 0.5) is 4.39 Å². The summed E-state index contributed by atoms with van der Waals surface area (Å²) in [6.45, 7) is -0.0468. The molecule has 0 fully saturated rings. The van der Waals surface area contributed by atoms with Crippen molar-refractivity contribution >= 4 is 5.97 Å². The molecule has 6 heteroatoms. The Labute approximate surface area is 95.7 Å². The van der Waals surface area contributed by atoms with Crippen LogP contribution < -0.4 is 0 Å². The van der Waals surface area contributed by atoms with Gasteiger partial charge in [0.2, 0.25) is 0 Å². The van der Waals surface area contributed by atoms with Crippen molar-refractivity contribution in [3.05, 3.63) is 47.5 Å². The van der Waals surface area contributed by atoms with Crippen LogP contribution in [0.5, 0.6) is 5.75 Å². The third kappa shape index (κ3) is 2.10. The molecule has 2 N–H and O–H groups in total. The van der Waals surface area contributed by atoms with Crippen molar-refractivity contribution in [3.8, 4) is 5.75 Å². The minimum Gasteiger partial charge on any atom is -0.504 e. The highest BCUT2D eigenvalue weighted by Gasteiger charge is 2.17. The number of hydrogen-bond donors (Lipinski definition) is 2. The lowest BCUT2D eigenvalue weighted by Crippen LogP contribution is -2.11. The molecule has 0 aliphatic carbocycles. The number of hydrogen-bond acceptors (Lipinski definition) is 3. The van der Waals surface area contributed by atoms with E-state index in [0.29, 0.717) is 5.56 Å². The highest BCUT2D eigenvalue weighted by molar-refractivity contribution is 5.88. The Hall–Kier alpha value is -2.37. The molecule has 0 atom stereocenters. The SMILES string of the molecule is O=C(O)c1c(O)cnn1Cc1ccccc1F. The van der Waals surface area contributed by atoms with E-state index < -0.39 is 17.5 Å². The molecule has 17 heavy (non-hydrogen) atoms. The van der Waals surface area contributed by atoms with Crippen LogP contribution in [0, 0.1) is 5.82 Å². The standard InChI is InChI=1S/C11H9FN2O3/c12-8-4-2-1-3-7(8)6-14-10(11(16)17)9(15)5-13-14/h1-5,15H,6H2,(H,16,17). The Balaban J connectivity index is 2.37.